The van der Waals surface area contributed by atoms with E-state index in [0.717, 1.165) is 59.2 Å². The Morgan fingerprint density at radius 3 is 0.667 bits per heavy atom. The van der Waals surface area contributed by atoms with Gasteiger partial charge in [-0.2, -0.15) is 25.5 Å². The molecule has 0 atom stereocenters. The molecule has 16 aromatic rings. The highest BCUT2D eigenvalue weighted by Gasteiger charge is 2.19. The largest absolute Gasteiger partial charge is 0.507 e. The highest BCUT2D eigenvalue weighted by atomic mass is 16.3. The Morgan fingerprint density at radius 2 is 0.405 bits per heavy atom. The van der Waals surface area contributed by atoms with Gasteiger partial charge < -0.3 is 35.7 Å². The van der Waals surface area contributed by atoms with Gasteiger partial charge in [-0.25, -0.2) is 27.1 Å². The molecule has 0 fully saturated rings. The molecule has 0 saturated heterocycles. The van der Waals surface area contributed by atoms with Crippen molar-refractivity contribution in [3.63, 3.8) is 0 Å². The van der Waals surface area contributed by atoms with Crippen LogP contribution in [-0.2, 0) is 0 Å². The van der Waals surface area contributed by atoms with Crippen molar-refractivity contribution >= 4 is 123 Å². The van der Waals surface area contributed by atoms with Crippen LogP contribution in [0.2, 0.25) is 0 Å². The van der Waals surface area contributed by atoms with Crippen molar-refractivity contribution in [2.75, 3.05) is 0 Å². The fourth-order valence-corrected chi connectivity index (χ4v) is 12.9. The summed E-state index contributed by atoms with van der Waals surface area (Å²) in [5.74, 6) is -1.41. The minimum absolute atomic E-state index is 0. The average molecular weight is 1680 g/mol. The van der Waals surface area contributed by atoms with E-state index in [0.29, 0.717) is 78.5 Å². The third-order valence-corrected chi connectivity index (χ3v) is 19.4. The first-order valence-corrected chi connectivity index (χ1v) is 38.1. The number of nitrogens with one attached hydrogen (secondary N) is 5. The second-order valence-corrected chi connectivity index (χ2v) is 27.4. The molecule has 12 N–H and O–H groups in total. The summed E-state index contributed by atoms with van der Waals surface area (Å²) < 4.78 is 0. The normalized spacial score (nSPS) is 11.0. The number of rotatable bonds is 15. The summed E-state index contributed by atoms with van der Waals surface area (Å²) in [6.07, 6.45) is 0. The Morgan fingerprint density at radius 1 is 0.198 bits per heavy atom. The van der Waals surface area contributed by atoms with Crippen LogP contribution >= 0.6 is 0 Å². The summed E-state index contributed by atoms with van der Waals surface area (Å²) in [4.78, 5) is 60.6. The highest BCUT2D eigenvalue weighted by Crippen LogP contribution is 2.35. The first-order valence-electron chi connectivity index (χ1n) is 38.1. The lowest BCUT2D eigenvalue weighted by Gasteiger charge is -2.09. The fraction of sp³-hybridized carbons (Fsp3) is 0.0962. The molecule has 0 saturated carbocycles. The first kappa shape index (κ1) is 96.5. The van der Waals surface area contributed by atoms with Gasteiger partial charge in [0.05, 0.1) is 39.7 Å². The maximum absolute atomic E-state index is 12.5. The number of benzene rings is 16. The number of para-hydroxylation sites is 1. The van der Waals surface area contributed by atoms with Gasteiger partial charge in [0.15, 0.2) is 0 Å². The highest BCUT2D eigenvalue weighted by molar-refractivity contribution is 6.12. The summed E-state index contributed by atoms with van der Waals surface area (Å²) in [7, 11) is 0. The van der Waals surface area contributed by atoms with Gasteiger partial charge in [-0.15, -0.1) is 0 Å². The van der Waals surface area contributed by atoms with Crippen molar-refractivity contribution in [2.45, 2.75) is 71.8 Å². The van der Waals surface area contributed by atoms with E-state index >= 15 is 0 Å². The van der Waals surface area contributed by atoms with Gasteiger partial charge in [0.2, 0.25) is 0 Å². The van der Waals surface area contributed by atoms with Gasteiger partial charge in [-0.05, 0) is 163 Å². The van der Waals surface area contributed by atoms with E-state index < -0.39 is 11.8 Å². The number of nitrogens with zero attached hydrogens (tertiary/aromatic N) is 5. The number of amides is 5. The first-order chi connectivity index (χ1) is 58.6. The second-order valence-electron chi connectivity index (χ2n) is 27.4. The average Bonchev–Trinajstić information content (AvgIpc) is 0.825. The van der Waals surface area contributed by atoms with Crippen molar-refractivity contribution in [1.29, 1.82) is 0 Å². The number of hydrogen-bond acceptors (Lipinski definition) is 17. The summed E-state index contributed by atoms with van der Waals surface area (Å²) in [5.41, 5.74) is 19.6. The van der Waals surface area contributed by atoms with Crippen molar-refractivity contribution in [2.24, 2.45) is 25.5 Å². The van der Waals surface area contributed by atoms with E-state index in [2.05, 4.69) is 52.6 Å². The van der Waals surface area contributed by atoms with Gasteiger partial charge >= 0.3 is 0 Å². The molecule has 5 amide bonds. The van der Waals surface area contributed by atoms with Crippen LogP contribution in [0.3, 0.4) is 0 Å². The van der Waals surface area contributed by atoms with Crippen molar-refractivity contribution in [3.05, 3.63) is 389 Å². The number of fused-ring (bicyclic) bond motifs is 6. The maximum Gasteiger partial charge on any atom is 0.275 e. The van der Waals surface area contributed by atoms with Crippen LogP contribution in [0.5, 0.6) is 40.2 Å². The molecule has 16 rings (SSSR count). The topological polar surface area (TPSA) is 349 Å². The Labute approximate surface area is 732 Å². The van der Waals surface area contributed by atoms with Crippen LogP contribution in [0, 0.1) is 0 Å². The number of carbonyl (C=O) groups is 5. The Kier molecular flexibility index (Phi) is 35.0. The Balaban J connectivity index is 0.000000214. The summed E-state index contributed by atoms with van der Waals surface area (Å²) >= 11 is 0. The zero-order chi connectivity index (χ0) is 85.5. The van der Waals surface area contributed by atoms with Crippen LogP contribution < -0.4 is 27.1 Å². The zero-order valence-corrected chi connectivity index (χ0v) is 66.2. The minimum Gasteiger partial charge on any atom is -0.507 e. The van der Waals surface area contributed by atoms with Gasteiger partial charge in [0.25, 0.3) is 29.5 Å². The molecule has 126 heavy (non-hydrogen) atoms. The predicted octanol–water partition coefficient (Wildman–Crippen LogP) is 22.2. The molecule has 0 aromatic heterocycles. The third-order valence-electron chi connectivity index (χ3n) is 19.4. The lowest BCUT2D eigenvalue weighted by molar-refractivity contribution is 0.0944. The summed E-state index contributed by atoms with van der Waals surface area (Å²) in [5, 5.41) is 103. The van der Waals surface area contributed by atoms with Gasteiger partial charge in [-0.3, -0.25) is 24.0 Å². The van der Waals surface area contributed by atoms with Crippen LogP contribution in [0.4, 0.5) is 0 Å². The number of hydrogen-bond donors (Lipinski definition) is 12. The zero-order valence-electron chi connectivity index (χ0n) is 66.2. The van der Waals surface area contributed by atoms with E-state index in [9.17, 15) is 59.7 Å². The lowest BCUT2D eigenvalue weighted by Crippen LogP contribution is -2.19. The molecule has 0 aliphatic carbocycles. The number of hydrazone groups is 5. The van der Waals surface area contributed by atoms with Crippen molar-refractivity contribution in [1.82, 2.24) is 27.1 Å². The van der Waals surface area contributed by atoms with E-state index in [-0.39, 0.29) is 106 Å². The molecule has 0 aliphatic heterocycles. The quantitative estimate of drug-likeness (QED) is 0.0337. The van der Waals surface area contributed by atoms with E-state index in [1.807, 2.05) is 194 Å². The Hall–Kier alpha value is -16.6. The molecular formula is C104H102N10O12. The van der Waals surface area contributed by atoms with Crippen molar-refractivity contribution in [3.8, 4) is 40.2 Å². The SMILES string of the molecule is C.C.C.C.C.C/C(=N\NC(=O)c1cc2ccccc2cc1O)c1ccc2ccccc2c1O.C/C(=N\NC(=O)c1ccccc1)c1ccc2ccccc2c1O.C/C(=N\NC(=O)c1ccccc1)c1ccc2ccccc2c1O.C/C(=N\NC(=O)c1ccccc1)c1ccc2ccccc2c1O.C/C(=N\NC(=O)c1ccccc1O)c1ccc2ccccc2c1O. The third kappa shape index (κ3) is 23.7. The van der Waals surface area contributed by atoms with Gasteiger partial charge in [0.1, 0.15) is 40.2 Å². The molecular weight excluding hydrogens is 1580 g/mol. The second kappa shape index (κ2) is 45.7. The van der Waals surface area contributed by atoms with Crippen molar-refractivity contribution < 1.29 is 59.7 Å². The van der Waals surface area contributed by atoms with Crippen LogP contribution in [0.15, 0.2) is 359 Å². The fourth-order valence-electron chi connectivity index (χ4n) is 12.9. The van der Waals surface area contributed by atoms with Crippen LogP contribution in [0.1, 0.15) is 151 Å². The number of aromatic hydroxyl groups is 7. The molecule has 22 nitrogen and oxygen atoms in total. The van der Waals surface area contributed by atoms with E-state index in [4.69, 9.17) is 0 Å². The monoisotopic (exact) mass is 1680 g/mol. The smallest absolute Gasteiger partial charge is 0.275 e. The minimum atomic E-state index is -0.525. The molecule has 0 aliphatic rings. The predicted molar refractivity (Wildman–Crippen MR) is 513 cm³/mol. The molecule has 0 heterocycles. The van der Waals surface area contributed by atoms with Crippen LogP contribution in [-0.4, -0.2) is 93.8 Å². The lowest BCUT2D eigenvalue weighted by atomic mass is 10.0. The van der Waals surface area contributed by atoms with E-state index in [1.54, 1.807) is 162 Å². The molecule has 16 aromatic carbocycles. The molecule has 0 radical (unpaired) electrons. The van der Waals surface area contributed by atoms with Gasteiger partial charge in [-0.1, -0.05) is 280 Å². The van der Waals surface area contributed by atoms with E-state index in [1.165, 1.54) is 12.1 Å². The van der Waals surface area contributed by atoms with Gasteiger partial charge in [0, 0.05) is 71.4 Å². The molecule has 0 unspecified atom stereocenters. The number of carbonyl (C=O) groups excluding carboxylic acids is 5. The summed E-state index contributed by atoms with van der Waals surface area (Å²) in [6, 6.07) is 99.6. The maximum atomic E-state index is 12.5. The summed E-state index contributed by atoms with van der Waals surface area (Å²) in [6.45, 7) is 8.62. The number of phenolic OH excluding ortho intramolecular Hbond substituents is 7. The molecule has 0 bridgehead atoms. The van der Waals surface area contributed by atoms with Crippen LogP contribution in [0.25, 0.3) is 64.6 Å². The Bertz CT molecular complexity index is 6360. The molecule has 22 heteroatoms. The molecule has 0 spiro atoms. The number of phenols is 7. The molecule has 640 valence electrons. The standard InChI is InChI=1S/C23H18N2O3.C19H16N2O3.3C19H16N2O2.5CH4/c1-14(18-11-10-15-6-4-5-9-19(15)22(18)27)24-25-23(28)20-12-16-7-2-3-8-17(16)13-21(20)26;1-12(20-21-19(24)16-8-4-5-9-17(16)22)14-11-10-13-6-2-3-7-15(13)18(14)23;3*1-13(20-21-19(23)15-8-3-2-4-9-15)16-12-11-14-7-5-6-10-17(14)18(16)22;;;;;/h2-13,26-27H,1H3,(H,25,28);2-11,22-23H,1H3,(H,21,24);3*2-12,22H,1H3,(H,21,23);5*1H4/b24-14+;20-12+;3*20-13+;;;;;.